The smallest absolute Gasteiger partial charge is 0.426 e. The Morgan fingerprint density at radius 3 is 2.23 bits per heavy atom. The molecule has 2 amide bonds. The van der Waals surface area contributed by atoms with E-state index in [2.05, 4.69) is 20.6 Å². The number of benzene rings is 2. The van der Waals surface area contributed by atoms with Gasteiger partial charge in [-0.1, -0.05) is 60.7 Å². The number of ketones is 1. The lowest BCUT2D eigenvalue weighted by Gasteiger charge is -2.23. The van der Waals surface area contributed by atoms with Gasteiger partial charge in [0.05, 0.1) is 12.1 Å². The number of Topliss-reactive ketones (excluding diaryl/α,β-unsaturated/α-hetero) is 1. The van der Waals surface area contributed by atoms with E-state index in [1.807, 2.05) is 30.3 Å². The largest absolute Gasteiger partial charge is 0.475 e. The van der Waals surface area contributed by atoms with Crippen molar-refractivity contribution in [1.29, 1.82) is 0 Å². The van der Waals surface area contributed by atoms with Crippen LogP contribution in [0.1, 0.15) is 45.7 Å². The van der Waals surface area contributed by atoms with Crippen LogP contribution in [0.5, 0.6) is 0 Å². The first-order valence-electron chi connectivity index (χ1n) is 11.3. The summed E-state index contributed by atoms with van der Waals surface area (Å²) in [5.41, 5.74) is 1.47. The summed E-state index contributed by atoms with van der Waals surface area (Å²) in [5, 5.41) is 24.8. The van der Waals surface area contributed by atoms with Crippen LogP contribution in [-0.2, 0) is 11.2 Å². The lowest BCUT2D eigenvalue weighted by atomic mass is 9.76. The standard InChI is InChI=1S/C25H27BN4O5/c31-22(19-11-5-2-6-12-19)16-20(29-25(33)21-17-27-14-15-28-21)24(32)30-23(26(34)35)13-7-10-18-8-3-1-4-9-18/h1-6,8-9,11-12,14-15,17,20,23,34-35H,7,10,13,16H2,(H,29,33)(H,30,32)/t20?,23-/m0/s1. The van der Waals surface area contributed by atoms with Gasteiger partial charge >= 0.3 is 7.12 Å². The van der Waals surface area contributed by atoms with Gasteiger partial charge in [-0.3, -0.25) is 19.4 Å². The van der Waals surface area contributed by atoms with Crippen LogP contribution >= 0.6 is 0 Å². The van der Waals surface area contributed by atoms with Gasteiger partial charge in [-0.2, -0.15) is 0 Å². The summed E-state index contributed by atoms with van der Waals surface area (Å²) in [7, 11) is -1.81. The summed E-state index contributed by atoms with van der Waals surface area (Å²) in [4.78, 5) is 46.2. The third kappa shape index (κ3) is 8.13. The van der Waals surface area contributed by atoms with E-state index in [-0.39, 0.29) is 24.3 Å². The number of nitrogens with zero attached hydrogens (tertiary/aromatic N) is 2. The molecule has 0 saturated carbocycles. The molecule has 0 fully saturated rings. The van der Waals surface area contributed by atoms with Gasteiger partial charge in [0.2, 0.25) is 5.91 Å². The van der Waals surface area contributed by atoms with E-state index in [0.717, 1.165) is 5.56 Å². The lowest BCUT2D eigenvalue weighted by Crippen LogP contribution is -2.54. The molecular formula is C25H27BN4O5. The average molecular weight is 474 g/mol. The Bertz CT molecular complexity index is 1050. The minimum Gasteiger partial charge on any atom is -0.426 e. The van der Waals surface area contributed by atoms with Crippen molar-refractivity contribution in [1.82, 2.24) is 20.6 Å². The minimum atomic E-state index is -1.81. The Labute approximate surface area is 203 Å². The molecule has 4 N–H and O–H groups in total. The maximum absolute atomic E-state index is 13.1. The molecule has 0 saturated heterocycles. The van der Waals surface area contributed by atoms with Crippen molar-refractivity contribution in [3.05, 3.63) is 96.1 Å². The second-order valence-corrected chi connectivity index (χ2v) is 8.02. The van der Waals surface area contributed by atoms with Gasteiger partial charge in [-0.25, -0.2) is 4.98 Å². The highest BCUT2D eigenvalue weighted by Crippen LogP contribution is 2.10. The van der Waals surface area contributed by atoms with Crippen molar-refractivity contribution in [2.45, 2.75) is 37.7 Å². The first-order valence-corrected chi connectivity index (χ1v) is 11.3. The van der Waals surface area contributed by atoms with Crippen LogP contribution in [-0.4, -0.2) is 56.7 Å². The first-order chi connectivity index (χ1) is 16.9. The van der Waals surface area contributed by atoms with Crippen LogP contribution in [0.25, 0.3) is 0 Å². The van der Waals surface area contributed by atoms with Gasteiger partial charge in [0.1, 0.15) is 11.7 Å². The SMILES string of the molecule is O=C(CC(NC(=O)c1cnccn1)C(=O)N[C@@H](CCCc1ccccc1)B(O)O)c1ccccc1. The molecule has 35 heavy (non-hydrogen) atoms. The molecule has 9 nitrogen and oxygen atoms in total. The van der Waals surface area contributed by atoms with Gasteiger partial charge in [0.15, 0.2) is 5.78 Å². The van der Waals surface area contributed by atoms with Crippen molar-refractivity contribution in [3.63, 3.8) is 0 Å². The lowest BCUT2D eigenvalue weighted by molar-refractivity contribution is -0.123. The predicted molar refractivity (Wildman–Crippen MR) is 130 cm³/mol. The highest BCUT2D eigenvalue weighted by molar-refractivity contribution is 6.43. The highest BCUT2D eigenvalue weighted by atomic mass is 16.4. The summed E-state index contributed by atoms with van der Waals surface area (Å²) in [6.45, 7) is 0. The molecule has 3 aromatic rings. The Hall–Kier alpha value is -3.89. The van der Waals surface area contributed by atoms with Gasteiger partial charge in [0.25, 0.3) is 5.91 Å². The first kappa shape index (κ1) is 25.7. The van der Waals surface area contributed by atoms with Crippen LogP contribution in [0.4, 0.5) is 0 Å². The number of aryl methyl sites for hydroxylation is 1. The fourth-order valence-electron chi connectivity index (χ4n) is 3.53. The number of amides is 2. The molecule has 3 rings (SSSR count). The van der Waals surface area contributed by atoms with Gasteiger partial charge in [-0.15, -0.1) is 0 Å². The number of hydrogen-bond acceptors (Lipinski definition) is 7. The van der Waals surface area contributed by atoms with Crippen LogP contribution < -0.4 is 10.6 Å². The van der Waals surface area contributed by atoms with E-state index in [1.54, 1.807) is 30.3 Å². The zero-order valence-electron chi connectivity index (χ0n) is 19.1. The number of carbonyl (C=O) groups excluding carboxylic acids is 3. The summed E-state index contributed by atoms with van der Waals surface area (Å²) in [6, 6.07) is 16.8. The maximum atomic E-state index is 13.1. The molecule has 0 aliphatic rings. The Kier molecular flexibility index (Phi) is 9.64. The quantitative estimate of drug-likeness (QED) is 0.230. The second-order valence-electron chi connectivity index (χ2n) is 8.02. The topological polar surface area (TPSA) is 142 Å². The van der Waals surface area contributed by atoms with Crippen LogP contribution in [0.15, 0.2) is 79.3 Å². The second kappa shape index (κ2) is 13.1. The fourth-order valence-corrected chi connectivity index (χ4v) is 3.53. The van der Waals surface area contributed by atoms with E-state index >= 15 is 0 Å². The monoisotopic (exact) mass is 474 g/mol. The third-order valence-corrected chi connectivity index (χ3v) is 5.41. The molecule has 0 bridgehead atoms. The highest BCUT2D eigenvalue weighted by Gasteiger charge is 2.31. The van der Waals surface area contributed by atoms with Gasteiger partial charge < -0.3 is 20.7 Å². The van der Waals surface area contributed by atoms with Crippen molar-refractivity contribution >= 4 is 24.7 Å². The number of nitrogens with one attached hydrogen (secondary N) is 2. The molecular weight excluding hydrogens is 447 g/mol. The molecule has 0 aliphatic heterocycles. The molecule has 180 valence electrons. The Morgan fingerprint density at radius 2 is 1.60 bits per heavy atom. The van der Waals surface area contributed by atoms with Gasteiger partial charge in [0, 0.05) is 24.4 Å². The van der Waals surface area contributed by atoms with Crippen molar-refractivity contribution in [2.24, 2.45) is 0 Å². The van der Waals surface area contributed by atoms with Crippen molar-refractivity contribution < 1.29 is 24.4 Å². The van der Waals surface area contributed by atoms with E-state index in [1.165, 1.54) is 18.6 Å². The fraction of sp³-hybridized carbons (Fsp3) is 0.240. The number of hydrogen-bond donors (Lipinski definition) is 4. The minimum absolute atomic E-state index is 0.0148. The number of aromatic nitrogens is 2. The maximum Gasteiger partial charge on any atom is 0.475 e. The van der Waals surface area contributed by atoms with Crippen molar-refractivity contribution in [3.8, 4) is 0 Å². The van der Waals surface area contributed by atoms with E-state index in [0.29, 0.717) is 18.4 Å². The molecule has 0 aliphatic carbocycles. The molecule has 1 heterocycles. The van der Waals surface area contributed by atoms with E-state index in [9.17, 15) is 24.4 Å². The van der Waals surface area contributed by atoms with Gasteiger partial charge in [-0.05, 0) is 24.8 Å². The molecule has 2 aromatic carbocycles. The molecule has 10 heteroatoms. The van der Waals surface area contributed by atoms with Crippen molar-refractivity contribution in [2.75, 3.05) is 0 Å². The normalized spacial score (nSPS) is 12.3. The zero-order valence-corrected chi connectivity index (χ0v) is 19.1. The van der Waals surface area contributed by atoms with E-state index in [4.69, 9.17) is 0 Å². The molecule has 0 radical (unpaired) electrons. The zero-order chi connectivity index (χ0) is 25.0. The van der Waals surface area contributed by atoms with Crippen LogP contribution in [0.2, 0.25) is 0 Å². The molecule has 1 unspecified atom stereocenters. The van der Waals surface area contributed by atoms with E-state index < -0.39 is 30.9 Å². The molecule has 1 aromatic heterocycles. The summed E-state index contributed by atoms with van der Waals surface area (Å²) < 4.78 is 0. The summed E-state index contributed by atoms with van der Waals surface area (Å²) in [6.07, 6.45) is 5.24. The third-order valence-electron chi connectivity index (χ3n) is 5.41. The summed E-state index contributed by atoms with van der Waals surface area (Å²) >= 11 is 0. The average Bonchev–Trinajstić information content (AvgIpc) is 2.89. The molecule has 0 spiro atoms. The number of carbonyl (C=O) groups is 3. The predicted octanol–water partition coefficient (Wildman–Crippen LogP) is 1.37. The Morgan fingerprint density at radius 1 is 0.914 bits per heavy atom. The van der Waals surface area contributed by atoms with Crippen LogP contribution in [0, 0.1) is 0 Å². The summed E-state index contributed by atoms with van der Waals surface area (Å²) in [5.74, 6) is -2.71. The molecule has 2 atom stereocenters. The number of rotatable bonds is 12. The van der Waals surface area contributed by atoms with Crippen LogP contribution in [0.3, 0.4) is 0 Å². The Balaban J connectivity index is 1.69.